The summed E-state index contributed by atoms with van der Waals surface area (Å²) in [6.45, 7) is 6.21. The minimum absolute atomic E-state index is 0.0271. The van der Waals surface area contributed by atoms with E-state index < -0.39 is 5.92 Å². The lowest BCUT2D eigenvalue weighted by Gasteiger charge is -2.36. The molecule has 2 aromatic rings. The van der Waals surface area contributed by atoms with E-state index in [1.165, 1.54) is 6.07 Å². The zero-order chi connectivity index (χ0) is 25.9. The second kappa shape index (κ2) is 10.8. The summed E-state index contributed by atoms with van der Waals surface area (Å²) in [5.41, 5.74) is 3.22. The van der Waals surface area contributed by atoms with Gasteiger partial charge in [0.1, 0.15) is 23.9 Å². The van der Waals surface area contributed by atoms with Crippen LogP contribution in [0.5, 0.6) is 11.5 Å². The lowest BCUT2D eigenvalue weighted by molar-refractivity contribution is -0.117. The summed E-state index contributed by atoms with van der Waals surface area (Å²) < 4.78 is 32.6. The van der Waals surface area contributed by atoms with Crippen LogP contribution in [0.1, 0.15) is 68.1 Å². The molecule has 6 heteroatoms. The van der Waals surface area contributed by atoms with Crippen LogP contribution in [0.2, 0.25) is 0 Å². The van der Waals surface area contributed by atoms with Crippen LogP contribution < -0.4 is 9.47 Å². The third-order valence-corrected chi connectivity index (χ3v) is 7.12. The molecule has 1 heterocycles. The summed E-state index contributed by atoms with van der Waals surface area (Å²) in [7, 11) is 0. The second-order valence-electron chi connectivity index (χ2n) is 9.58. The molecule has 192 valence electrons. The van der Waals surface area contributed by atoms with Crippen molar-refractivity contribution in [2.24, 2.45) is 0 Å². The Balaban J connectivity index is 1.63. The minimum atomic E-state index is -0.497. The fourth-order valence-corrected chi connectivity index (χ4v) is 5.50. The van der Waals surface area contributed by atoms with Crippen molar-refractivity contribution in [1.29, 1.82) is 0 Å². The van der Waals surface area contributed by atoms with Gasteiger partial charge in [0.25, 0.3) is 0 Å². The van der Waals surface area contributed by atoms with Gasteiger partial charge in [-0.2, -0.15) is 0 Å². The van der Waals surface area contributed by atoms with Crippen molar-refractivity contribution in [2.75, 3.05) is 6.61 Å². The monoisotopic (exact) mass is 502 g/mol. The van der Waals surface area contributed by atoms with Crippen LogP contribution in [0, 0.1) is 5.82 Å². The third kappa shape index (κ3) is 4.85. The highest BCUT2D eigenvalue weighted by molar-refractivity contribution is 6.05. The number of benzene rings is 2. The van der Waals surface area contributed by atoms with Gasteiger partial charge in [-0.3, -0.25) is 9.59 Å². The number of carbonyl (C=O) groups is 2. The van der Waals surface area contributed by atoms with Crippen molar-refractivity contribution < 1.29 is 28.2 Å². The Hall–Kier alpha value is -3.67. The number of Topliss-reactive ketones (excluding diaryl/α,β-unsaturated/α-hetero) is 2. The number of ether oxygens (including phenoxy) is 3. The summed E-state index contributed by atoms with van der Waals surface area (Å²) >= 11 is 0. The quantitative estimate of drug-likeness (QED) is 0.378. The van der Waals surface area contributed by atoms with E-state index in [1.807, 2.05) is 19.1 Å². The van der Waals surface area contributed by atoms with Gasteiger partial charge in [0.15, 0.2) is 23.1 Å². The number of halogens is 1. The zero-order valence-electron chi connectivity index (χ0n) is 21.1. The van der Waals surface area contributed by atoms with E-state index in [2.05, 4.69) is 6.58 Å². The van der Waals surface area contributed by atoms with Crippen molar-refractivity contribution in [3.05, 3.63) is 94.2 Å². The first-order valence-electron chi connectivity index (χ1n) is 13.0. The molecule has 3 aliphatic rings. The van der Waals surface area contributed by atoms with Gasteiger partial charge >= 0.3 is 0 Å². The summed E-state index contributed by atoms with van der Waals surface area (Å²) in [5, 5.41) is 0. The molecule has 0 aromatic heterocycles. The summed E-state index contributed by atoms with van der Waals surface area (Å²) in [5.74, 6) is 1.61. The van der Waals surface area contributed by atoms with Gasteiger partial charge in [-0.15, -0.1) is 6.58 Å². The topological polar surface area (TPSA) is 61.8 Å². The van der Waals surface area contributed by atoms with Gasteiger partial charge in [0.05, 0.1) is 6.61 Å². The van der Waals surface area contributed by atoms with Gasteiger partial charge < -0.3 is 14.2 Å². The van der Waals surface area contributed by atoms with Gasteiger partial charge in [-0.1, -0.05) is 30.3 Å². The maximum atomic E-state index is 14.3. The van der Waals surface area contributed by atoms with Gasteiger partial charge in [-0.05, 0) is 43.9 Å². The van der Waals surface area contributed by atoms with Crippen LogP contribution in [0.15, 0.2) is 71.7 Å². The van der Waals surface area contributed by atoms with Crippen LogP contribution in [-0.4, -0.2) is 18.2 Å². The predicted octanol–water partition coefficient (Wildman–Crippen LogP) is 6.66. The first-order valence-corrected chi connectivity index (χ1v) is 13.0. The van der Waals surface area contributed by atoms with E-state index >= 15 is 0 Å². The van der Waals surface area contributed by atoms with E-state index in [-0.39, 0.29) is 24.0 Å². The maximum Gasteiger partial charge on any atom is 0.165 e. The molecule has 37 heavy (non-hydrogen) atoms. The molecule has 0 unspecified atom stereocenters. The standard InChI is InChI=1S/C31H31FO5/c1-3-9-19-16-21(17-27(35-4-2)31(19)36-18-20-10-5-6-11-22(20)32)28-29-23(33)12-7-14-25(29)37-26-15-8-13-24(34)30(26)28/h3,5-6,10-11,16-17,28H,1,4,7-9,12-15,18H2,2H3. The Labute approximate surface area is 216 Å². The van der Waals surface area contributed by atoms with E-state index in [4.69, 9.17) is 14.2 Å². The molecule has 0 saturated heterocycles. The van der Waals surface area contributed by atoms with Crippen molar-refractivity contribution in [2.45, 2.75) is 64.4 Å². The first-order chi connectivity index (χ1) is 18.0. The molecule has 1 aliphatic heterocycles. The number of hydrogen-bond acceptors (Lipinski definition) is 5. The van der Waals surface area contributed by atoms with Gasteiger partial charge in [-0.25, -0.2) is 4.39 Å². The number of hydrogen-bond donors (Lipinski definition) is 0. The highest BCUT2D eigenvalue weighted by Gasteiger charge is 2.42. The Morgan fingerprint density at radius 2 is 1.65 bits per heavy atom. The van der Waals surface area contributed by atoms with E-state index in [1.54, 1.807) is 24.3 Å². The Morgan fingerprint density at radius 1 is 0.973 bits per heavy atom. The molecule has 0 spiro atoms. The summed E-state index contributed by atoms with van der Waals surface area (Å²) in [6.07, 6.45) is 5.99. The van der Waals surface area contributed by atoms with Crippen molar-refractivity contribution >= 4 is 11.6 Å². The number of allylic oxidation sites excluding steroid dienone is 5. The molecule has 0 N–H and O–H groups in total. The molecule has 5 rings (SSSR count). The molecule has 0 fully saturated rings. The average molecular weight is 503 g/mol. The molecule has 2 aliphatic carbocycles. The first kappa shape index (κ1) is 25.0. The van der Waals surface area contributed by atoms with E-state index in [9.17, 15) is 14.0 Å². The molecular formula is C31H31FO5. The van der Waals surface area contributed by atoms with Crippen LogP contribution in [0.25, 0.3) is 0 Å². The van der Waals surface area contributed by atoms with Gasteiger partial charge in [0.2, 0.25) is 0 Å². The molecule has 0 radical (unpaired) electrons. The van der Waals surface area contributed by atoms with Crippen molar-refractivity contribution in [1.82, 2.24) is 0 Å². The third-order valence-electron chi connectivity index (χ3n) is 7.12. The van der Waals surface area contributed by atoms with Gasteiger partial charge in [0, 0.05) is 53.9 Å². The van der Waals surface area contributed by atoms with Crippen LogP contribution in [-0.2, 0) is 27.4 Å². The van der Waals surface area contributed by atoms with Crippen molar-refractivity contribution in [3.63, 3.8) is 0 Å². The maximum absolute atomic E-state index is 14.3. The summed E-state index contributed by atoms with van der Waals surface area (Å²) in [6, 6.07) is 10.3. The fraction of sp³-hybridized carbons (Fsp3) is 0.355. The van der Waals surface area contributed by atoms with Crippen LogP contribution in [0.3, 0.4) is 0 Å². The number of rotatable bonds is 8. The second-order valence-corrected chi connectivity index (χ2v) is 9.58. The summed E-state index contributed by atoms with van der Waals surface area (Å²) in [4.78, 5) is 26.4. The fourth-order valence-electron chi connectivity index (χ4n) is 5.50. The van der Waals surface area contributed by atoms with Crippen LogP contribution >= 0.6 is 0 Å². The molecule has 0 saturated carbocycles. The lowest BCUT2D eigenvalue weighted by atomic mass is 9.73. The molecule has 2 aromatic carbocycles. The van der Waals surface area contributed by atoms with E-state index in [0.29, 0.717) is 78.4 Å². The minimum Gasteiger partial charge on any atom is -0.490 e. The highest BCUT2D eigenvalue weighted by atomic mass is 19.1. The van der Waals surface area contributed by atoms with E-state index in [0.717, 1.165) is 24.0 Å². The molecular weight excluding hydrogens is 471 g/mol. The lowest BCUT2D eigenvalue weighted by Crippen LogP contribution is -2.30. The average Bonchev–Trinajstić information content (AvgIpc) is 2.88. The number of carbonyl (C=O) groups excluding carboxylic acids is 2. The van der Waals surface area contributed by atoms with Crippen molar-refractivity contribution in [3.8, 4) is 11.5 Å². The highest BCUT2D eigenvalue weighted by Crippen LogP contribution is 2.49. The number of ketones is 2. The Morgan fingerprint density at radius 3 is 2.27 bits per heavy atom. The molecule has 0 amide bonds. The Bertz CT molecular complexity index is 1280. The molecule has 0 atom stereocenters. The molecule has 0 bridgehead atoms. The zero-order valence-corrected chi connectivity index (χ0v) is 21.1. The molecule has 5 nitrogen and oxygen atoms in total. The predicted molar refractivity (Wildman–Crippen MR) is 138 cm³/mol. The normalized spacial score (nSPS) is 17.8. The smallest absolute Gasteiger partial charge is 0.165 e. The van der Waals surface area contributed by atoms with Crippen LogP contribution in [0.4, 0.5) is 4.39 Å². The largest absolute Gasteiger partial charge is 0.490 e. The SMILES string of the molecule is C=CCc1cc(C2C3=C(CCCC3=O)OC3=C2C(=O)CCC3)cc(OCC)c1OCc1ccccc1F. The Kier molecular flexibility index (Phi) is 7.26.